The van der Waals surface area contributed by atoms with E-state index < -0.39 is 18.2 Å². The summed E-state index contributed by atoms with van der Waals surface area (Å²) in [6.07, 6.45) is 0. The lowest BCUT2D eigenvalue weighted by Gasteiger charge is -2.22. The highest BCUT2D eigenvalue weighted by Crippen LogP contribution is 2.56. The van der Waals surface area contributed by atoms with Gasteiger partial charge in [-0.05, 0) is 47.0 Å². The summed E-state index contributed by atoms with van der Waals surface area (Å²) in [6.45, 7) is 3.49. The quantitative estimate of drug-likeness (QED) is 0.327. The van der Waals surface area contributed by atoms with Crippen LogP contribution in [0.5, 0.6) is 11.5 Å². The van der Waals surface area contributed by atoms with Crippen molar-refractivity contribution in [1.82, 2.24) is 0 Å². The summed E-state index contributed by atoms with van der Waals surface area (Å²) in [4.78, 5) is 27.9. The molecule has 0 bridgehead atoms. The van der Waals surface area contributed by atoms with Crippen LogP contribution in [0.4, 0.5) is 0 Å². The molecule has 3 rings (SSSR count). The number of aryl methyl sites for hydroxylation is 2. The van der Waals surface area contributed by atoms with Gasteiger partial charge in [0, 0.05) is 10.9 Å². The Labute approximate surface area is 200 Å². The van der Waals surface area contributed by atoms with Crippen molar-refractivity contribution in [3.05, 3.63) is 86.3 Å². The van der Waals surface area contributed by atoms with E-state index in [1.807, 2.05) is 0 Å². The molecule has 3 aromatic rings. The fourth-order valence-electron chi connectivity index (χ4n) is 3.61. The van der Waals surface area contributed by atoms with Crippen LogP contribution in [0, 0.1) is 13.8 Å². The number of rotatable bonds is 7. The molecule has 0 amide bonds. The summed E-state index contributed by atoms with van der Waals surface area (Å²) >= 11 is 9.64. The van der Waals surface area contributed by atoms with E-state index in [9.17, 15) is 14.2 Å². The molecule has 0 heterocycles. The van der Waals surface area contributed by atoms with Crippen LogP contribution in [0.3, 0.4) is 0 Å². The topological polar surface area (TPSA) is 69.7 Å². The van der Waals surface area contributed by atoms with E-state index in [0.29, 0.717) is 15.6 Å². The second-order valence-corrected chi connectivity index (χ2v) is 10.9. The van der Waals surface area contributed by atoms with Gasteiger partial charge < -0.3 is 14.0 Å². The second-order valence-electron chi connectivity index (χ2n) is 7.10. The maximum atomic E-state index is 14.6. The molecular formula is C24H21BrClO5P. The maximum Gasteiger partial charge on any atom is 0.249 e. The van der Waals surface area contributed by atoms with Gasteiger partial charge in [0.05, 0.1) is 23.7 Å². The molecule has 0 aliphatic rings. The van der Waals surface area contributed by atoms with Gasteiger partial charge in [-0.25, -0.2) is 0 Å². The molecule has 0 spiro atoms. The number of carbonyl (C=O) groups excluding carboxylic acids is 2. The molecule has 0 saturated carbocycles. The van der Waals surface area contributed by atoms with Gasteiger partial charge in [0.2, 0.25) is 18.2 Å². The van der Waals surface area contributed by atoms with E-state index in [2.05, 4.69) is 15.9 Å². The van der Waals surface area contributed by atoms with Crippen LogP contribution in [0.15, 0.2) is 59.1 Å². The monoisotopic (exact) mass is 534 g/mol. The van der Waals surface area contributed by atoms with E-state index in [-0.39, 0.29) is 33.0 Å². The molecule has 0 radical (unpaired) electrons. The molecule has 166 valence electrons. The van der Waals surface area contributed by atoms with Gasteiger partial charge in [-0.15, -0.1) is 0 Å². The van der Waals surface area contributed by atoms with Gasteiger partial charge in [0.15, 0.2) is 5.75 Å². The van der Waals surface area contributed by atoms with Crippen molar-refractivity contribution in [2.75, 3.05) is 14.2 Å². The number of methoxy groups -OCH3 is 2. The van der Waals surface area contributed by atoms with Gasteiger partial charge in [-0.3, -0.25) is 9.59 Å². The Morgan fingerprint density at radius 3 is 1.91 bits per heavy atom. The number of carbonyl (C=O) groups is 2. The smallest absolute Gasteiger partial charge is 0.249 e. The third-order valence-electron chi connectivity index (χ3n) is 5.15. The van der Waals surface area contributed by atoms with Crippen LogP contribution in [0.25, 0.3) is 0 Å². The fraction of sp³-hybridized carbons (Fsp3) is 0.167. The molecule has 0 aliphatic heterocycles. The Bertz CT molecular complexity index is 1210. The minimum absolute atomic E-state index is 0.0119. The predicted molar refractivity (Wildman–Crippen MR) is 131 cm³/mol. The molecule has 0 aliphatic carbocycles. The molecule has 1 unspecified atom stereocenters. The van der Waals surface area contributed by atoms with Crippen LogP contribution in [0.1, 0.15) is 31.8 Å². The highest BCUT2D eigenvalue weighted by Gasteiger charge is 2.46. The summed E-state index contributed by atoms with van der Waals surface area (Å²) in [5, 5.41) is 0.237. The Hall–Kier alpha value is -2.40. The molecule has 0 saturated heterocycles. The first-order valence-corrected chi connectivity index (χ1v) is 12.5. The van der Waals surface area contributed by atoms with Crippen LogP contribution in [0.2, 0.25) is 5.02 Å². The lowest BCUT2D eigenvalue weighted by atomic mass is 10.0. The molecular weight excluding hydrogens is 515 g/mol. The van der Waals surface area contributed by atoms with E-state index >= 15 is 0 Å². The lowest BCUT2D eigenvalue weighted by molar-refractivity contribution is 0.103. The summed E-state index contributed by atoms with van der Waals surface area (Å²) in [6, 6.07) is 14.8. The SMILES string of the molecule is COc1c(Cl)cc(Br)c(OC)c1C(=O)P(=O)(C(=O)c1c(C)cccc1C)c1ccccc1. The van der Waals surface area contributed by atoms with Crippen molar-refractivity contribution >= 4 is 51.0 Å². The van der Waals surface area contributed by atoms with E-state index in [4.69, 9.17) is 21.1 Å². The van der Waals surface area contributed by atoms with Crippen LogP contribution in [-0.4, -0.2) is 25.3 Å². The van der Waals surface area contributed by atoms with Crippen molar-refractivity contribution in [1.29, 1.82) is 0 Å². The Morgan fingerprint density at radius 1 is 0.844 bits per heavy atom. The molecule has 5 nitrogen and oxygen atoms in total. The normalized spacial score (nSPS) is 12.7. The van der Waals surface area contributed by atoms with Crippen molar-refractivity contribution in [2.45, 2.75) is 13.8 Å². The second kappa shape index (κ2) is 9.62. The summed E-state index contributed by atoms with van der Waals surface area (Å²) in [5.41, 5.74) is -0.290. The van der Waals surface area contributed by atoms with Gasteiger partial charge >= 0.3 is 0 Å². The highest BCUT2D eigenvalue weighted by molar-refractivity contribution is 9.10. The van der Waals surface area contributed by atoms with Crippen molar-refractivity contribution in [2.24, 2.45) is 0 Å². The summed E-state index contributed by atoms with van der Waals surface area (Å²) in [5.74, 6) is 0.0730. The number of benzene rings is 3. The number of hydrogen-bond donors (Lipinski definition) is 0. The maximum absolute atomic E-state index is 14.6. The predicted octanol–water partition coefficient (Wildman–Crippen LogP) is 6.41. The highest BCUT2D eigenvalue weighted by atomic mass is 79.9. The number of ether oxygens (including phenoxy) is 2. The standard InChI is InChI=1S/C24H21BrClO5P/c1-14-9-8-10-15(2)19(14)23(27)32(29,16-11-6-5-7-12-16)24(28)20-21(30-3)17(25)13-18(26)22(20)31-4/h5-13H,1-4H3. The largest absolute Gasteiger partial charge is 0.495 e. The minimum atomic E-state index is -4.39. The fourth-order valence-corrected chi connectivity index (χ4v) is 7.04. The first-order valence-electron chi connectivity index (χ1n) is 9.60. The summed E-state index contributed by atoms with van der Waals surface area (Å²) in [7, 11) is -1.68. The Kier molecular flexibility index (Phi) is 7.29. The van der Waals surface area contributed by atoms with Gasteiger partial charge in [-0.1, -0.05) is 60.1 Å². The summed E-state index contributed by atoms with van der Waals surface area (Å²) < 4.78 is 25.8. The van der Waals surface area contributed by atoms with Crippen LogP contribution < -0.4 is 14.8 Å². The molecule has 8 heteroatoms. The first-order chi connectivity index (χ1) is 15.2. The third kappa shape index (κ3) is 4.03. The van der Waals surface area contributed by atoms with Crippen LogP contribution in [-0.2, 0) is 4.57 Å². The minimum Gasteiger partial charge on any atom is -0.495 e. The van der Waals surface area contributed by atoms with Gasteiger partial charge in [0.25, 0.3) is 0 Å². The number of hydrogen-bond acceptors (Lipinski definition) is 5. The average Bonchev–Trinajstić information content (AvgIpc) is 2.78. The van der Waals surface area contributed by atoms with Crippen molar-refractivity contribution < 1.29 is 23.6 Å². The molecule has 1 atom stereocenters. The first kappa shape index (κ1) is 24.2. The average molecular weight is 536 g/mol. The molecule has 3 aromatic carbocycles. The van der Waals surface area contributed by atoms with Gasteiger partial charge in [-0.2, -0.15) is 0 Å². The zero-order valence-corrected chi connectivity index (χ0v) is 21.2. The zero-order chi connectivity index (χ0) is 23.6. The Morgan fingerprint density at radius 2 is 1.38 bits per heavy atom. The van der Waals surface area contributed by atoms with Gasteiger partial charge in [0.1, 0.15) is 11.3 Å². The van der Waals surface area contributed by atoms with E-state index in [1.54, 1.807) is 50.2 Å². The van der Waals surface area contributed by atoms with Crippen molar-refractivity contribution in [3.8, 4) is 11.5 Å². The molecule has 32 heavy (non-hydrogen) atoms. The number of halogens is 2. The van der Waals surface area contributed by atoms with E-state index in [0.717, 1.165) is 0 Å². The van der Waals surface area contributed by atoms with Crippen molar-refractivity contribution in [3.63, 3.8) is 0 Å². The van der Waals surface area contributed by atoms with Crippen LogP contribution >= 0.6 is 34.7 Å². The molecule has 0 aromatic heterocycles. The molecule has 0 N–H and O–H groups in total. The zero-order valence-electron chi connectivity index (χ0n) is 17.9. The Balaban J connectivity index is 2.39. The lowest BCUT2D eigenvalue weighted by Crippen LogP contribution is -2.22. The molecule has 0 fully saturated rings. The third-order valence-corrected chi connectivity index (χ3v) is 8.64. The van der Waals surface area contributed by atoms with E-state index in [1.165, 1.54) is 32.4 Å².